The van der Waals surface area contributed by atoms with Gasteiger partial charge in [0.05, 0.1) is 11.5 Å². The Morgan fingerprint density at radius 3 is 2.40 bits per heavy atom. The summed E-state index contributed by atoms with van der Waals surface area (Å²) in [6.45, 7) is 7.89. The average molecular weight is 515 g/mol. The maximum Gasteiger partial charge on any atom is 0.341 e. The third-order valence-corrected chi connectivity index (χ3v) is 6.24. The highest BCUT2D eigenvalue weighted by Gasteiger charge is 2.34. The van der Waals surface area contributed by atoms with Crippen molar-refractivity contribution in [2.75, 3.05) is 13.2 Å². The second-order valence-corrected chi connectivity index (χ2v) is 10.3. The number of hydrogen-bond acceptors (Lipinski definition) is 7. The topological polar surface area (TPSA) is 105 Å². The summed E-state index contributed by atoms with van der Waals surface area (Å²) in [5.41, 5.74) is 4.67. The van der Waals surface area contributed by atoms with Gasteiger partial charge in [0.15, 0.2) is 22.4 Å². The molecule has 0 radical (unpaired) electrons. The number of carboxylic acids is 1. The first-order valence-corrected chi connectivity index (χ1v) is 12.0. The molecular weight excluding hydrogens is 488 g/mol. The maximum atomic E-state index is 12.9. The highest BCUT2D eigenvalue weighted by Crippen LogP contribution is 2.34. The predicted molar refractivity (Wildman–Crippen MR) is 138 cm³/mol. The van der Waals surface area contributed by atoms with Crippen LogP contribution in [0.3, 0.4) is 0 Å². The number of hydrazine groups is 1. The number of thiocarbonyl (C=S) groups is 1. The van der Waals surface area contributed by atoms with E-state index in [1.807, 2.05) is 12.1 Å². The first-order valence-electron chi connectivity index (χ1n) is 10.8. The molecule has 1 saturated heterocycles. The summed E-state index contributed by atoms with van der Waals surface area (Å²) in [7, 11) is 0. The summed E-state index contributed by atoms with van der Waals surface area (Å²) in [6, 6.07) is 12.1. The second kappa shape index (κ2) is 10.9. The van der Waals surface area contributed by atoms with Gasteiger partial charge in [-0.15, -0.1) is 0 Å². The summed E-state index contributed by atoms with van der Waals surface area (Å²) in [6.07, 6.45) is 1.62. The minimum atomic E-state index is -1.10. The number of thioether (sulfide) groups is 1. The van der Waals surface area contributed by atoms with Crippen LogP contribution in [0.1, 0.15) is 49.2 Å². The van der Waals surface area contributed by atoms with E-state index in [1.54, 1.807) is 43.3 Å². The fourth-order valence-electron chi connectivity index (χ4n) is 3.14. The van der Waals surface area contributed by atoms with Crippen LogP contribution in [0, 0.1) is 0 Å². The van der Waals surface area contributed by atoms with Crippen molar-refractivity contribution in [3.63, 3.8) is 0 Å². The second-order valence-electron chi connectivity index (χ2n) is 8.61. The molecule has 1 fully saturated rings. The number of ether oxygens (including phenoxy) is 2. The normalized spacial score (nSPS) is 14.9. The van der Waals surface area contributed by atoms with Crippen molar-refractivity contribution >= 4 is 52.2 Å². The molecule has 2 amide bonds. The number of nitrogens with zero attached hydrogens (tertiary/aromatic N) is 1. The number of aliphatic carboxylic acids is 1. The maximum absolute atomic E-state index is 12.9. The van der Waals surface area contributed by atoms with Crippen molar-refractivity contribution in [2.45, 2.75) is 33.1 Å². The van der Waals surface area contributed by atoms with Crippen LogP contribution in [0.5, 0.6) is 11.5 Å². The van der Waals surface area contributed by atoms with Crippen LogP contribution < -0.4 is 14.9 Å². The minimum Gasteiger partial charge on any atom is -0.490 e. The lowest BCUT2D eigenvalue weighted by atomic mass is 9.87. The van der Waals surface area contributed by atoms with E-state index in [0.29, 0.717) is 28.4 Å². The molecule has 1 aliphatic heterocycles. The Balaban J connectivity index is 1.75. The van der Waals surface area contributed by atoms with Crippen molar-refractivity contribution < 1.29 is 29.0 Å². The number of amides is 2. The van der Waals surface area contributed by atoms with Crippen molar-refractivity contribution in [1.29, 1.82) is 0 Å². The highest BCUT2D eigenvalue weighted by molar-refractivity contribution is 8.26. The first kappa shape index (κ1) is 26.2. The van der Waals surface area contributed by atoms with Gasteiger partial charge in [0.25, 0.3) is 11.8 Å². The highest BCUT2D eigenvalue weighted by atomic mass is 32.2. The van der Waals surface area contributed by atoms with E-state index in [9.17, 15) is 14.4 Å². The van der Waals surface area contributed by atoms with E-state index in [0.717, 1.165) is 22.3 Å². The molecule has 184 valence electrons. The third kappa shape index (κ3) is 6.61. The lowest BCUT2D eigenvalue weighted by Crippen LogP contribution is -2.44. The molecule has 2 aromatic carbocycles. The number of hydrogen-bond donors (Lipinski definition) is 2. The first-order chi connectivity index (χ1) is 16.5. The molecule has 10 heteroatoms. The van der Waals surface area contributed by atoms with Gasteiger partial charge in [0.1, 0.15) is 0 Å². The van der Waals surface area contributed by atoms with E-state index >= 15 is 0 Å². The van der Waals surface area contributed by atoms with Gasteiger partial charge >= 0.3 is 5.97 Å². The zero-order valence-electron chi connectivity index (χ0n) is 19.8. The van der Waals surface area contributed by atoms with Gasteiger partial charge in [-0.1, -0.05) is 50.7 Å². The Bertz CT molecular complexity index is 1190. The Labute approximate surface area is 213 Å². The molecule has 35 heavy (non-hydrogen) atoms. The van der Waals surface area contributed by atoms with Crippen molar-refractivity contribution in [3.8, 4) is 11.5 Å². The molecule has 3 rings (SSSR count). The number of carbonyl (C=O) groups is 3. The molecule has 2 N–H and O–H groups in total. The lowest BCUT2D eigenvalue weighted by molar-refractivity contribution is -0.139. The number of benzene rings is 2. The molecule has 1 aliphatic rings. The average Bonchev–Trinajstić information content (AvgIpc) is 3.05. The van der Waals surface area contributed by atoms with E-state index in [-0.39, 0.29) is 15.5 Å². The molecule has 0 aromatic heterocycles. The van der Waals surface area contributed by atoms with Crippen LogP contribution in [0.15, 0.2) is 47.4 Å². The summed E-state index contributed by atoms with van der Waals surface area (Å²) in [5, 5.41) is 9.89. The Morgan fingerprint density at radius 2 is 1.80 bits per heavy atom. The zero-order chi connectivity index (χ0) is 25.8. The minimum absolute atomic E-state index is 0.0412. The van der Waals surface area contributed by atoms with Gasteiger partial charge in [-0.2, -0.15) is 5.01 Å². The van der Waals surface area contributed by atoms with Crippen LogP contribution in [0.25, 0.3) is 6.08 Å². The molecule has 1 heterocycles. The van der Waals surface area contributed by atoms with Gasteiger partial charge in [0.2, 0.25) is 0 Å². The monoisotopic (exact) mass is 514 g/mol. The SMILES string of the molecule is CCOc1cc(/C=C2/SC(=S)N(NC(=O)c3ccc(C(C)(C)C)cc3)C2=O)ccc1OCC(=O)O. The summed E-state index contributed by atoms with van der Waals surface area (Å²) >= 11 is 6.37. The predicted octanol–water partition coefficient (Wildman–Crippen LogP) is 4.39. The molecule has 8 nitrogen and oxygen atoms in total. The molecule has 0 saturated carbocycles. The standard InChI is InChI=1S/C25H26N2O6S2/c1-5-32-19-12-15(6-11-18(19)33-14-21(28)29)13-20-23(31)27(24(34)35-20)26-22(30)16-7-9-17(10-8-16)25(2,3)4/h6-13H,5,14H2,1-4H3,(H,26,30)(H,28,29)/b20-13+. The Hall–Kier alpha value is -3.37. The number of nitrogens with one attached hydrogen (secondary N) is 1. The van der Waals surface area contributed by atoms with Gasteiger partial charge < -0.3 is 14.6 Å². The number of rotatable bonds is 8. The fraction of sp³-hybridized carbons (Fsp3) is 0.280. The smallest absolute Gasteiger partial charge is 0.341 e. The molecular formula is C25H26N2O6S2. The Kier molecular flexibility index (Phi) is 8.18. The zero-order valence-corrected chi connectivity index (χ0v) is 21.4. The van der Waals surface area contributed by atoms with Crippen molar-refractivity contribution in [2.24, 2.45) is 0 Å². The lowest BCUT2D eigenvalue weighted by Gasteiger charge is -2.19. The molecule has 2 aromatic rings. The summed E-state index contributed by atoms with van der Waals surface area (Å²) < 4.78 is 11.0. The van der Waals surface area contributed by atoms with E-state index < -0.39 is 24.4 Å². The molecule has 0 atom stereocenters. The van der Waals surface area contributed by atoms with Gasteiger partial charge in [-0.05, 0) is 66.0 Å². The fourth-order valence-corrected chi connectivity index (χ4v) is 4.32. The quantitative estimate of drug-likeness (QED) is 0.395. The molecule has 0 spiro atoms. The molecule has 0 aliphatic carbocycles. The van der Waals surface area contributed by atoms with Gasteiger partial charge in [0, 0.05) is 5.56 Å². The number of carbonyl (C=O) groups excluding carboxylic acids is 2. The van der Waals surface area contributed by atoms with E-state index in [1.165, 1.54) is 0 Å². The number of carboxylic acid groups (broad SMARTS) is 1. The third-order valence-electron chi connectivity index (χ3n) is 4.94. The van der Waals surface area contributed by atoms with Crippen LogP contribution in [0.4, 0.5) is 0 Å². The van der Waals surface area contributed by atoms with Gasteiger partial charge in [-0.3, -0.25) is 15.0 Å². The summed E-state index contributed by atoms with van der Waals surface area (Å²) in [4.78, 5) is 36.8. The molecule has 0 unspecified atom stereocenters. The van der Waals surface area contributed by atoms with E-state index in [4.69, 9.17) is 26.8 Å². The van der Waals surface area contributed by atoms with Gasteiger partial charge in [-0.25, -0.2) is 4.79 Å². The summed E-state index contributed by atoms with van der Waals surface area (Å²) in [5.74, 6) is -1.37. The largest absolute Gasteiger partial charge is 0.490 e. The van der Waals surface area contributed by atoms with Crippen molar-refractivity contribution in [1.82, 2.24) is 10.4 Å². The van der Waals surface area contributed by atoms with Crippen LogP contribution >= 0.6 is 24.0 Å². The van der Waals surface area contributed by atoms with Crippen LogP contribution in [-0.2, 0) is 15.0 Å². The van der Waals surface area contributed by atoms with Crippen LogP contribution in [0.2, 0.25) is 0 Å². The van der Waals surface area contributed by atoms with E-state index in [2.05, 4.69) is 26.2 Å². The van der Waals surface area contributed by atoms with Crippen LogP contribution in [-0.4, -0.2) is 45.4 Å². The molecule has 0 bridgehead atoms. The Morgan fingerprint density at radius 1 is 1.11 bits per heavy atom. The van der Waals surface area contributed by atoms with Crippen molar-refractivity contribution in [3.05, 3.63) is 64.1 Å².